The molecule has 0 saturated carbocycles. The maximum absolute atomic E-state index is 11.6. The summed E-state index contributed by atoms with van der Waals surface area (Å²) in [5.41, 5.74) is 0. The predicted molar refractivity (Wildman–Crippen MR) is 159 cm³/mol. The average Bonchev–Trinajstić information content (AvgIpc) is 3.00. The molecule has 0 bridgehead atoms. The minimum absolute atomic E-state index is 0.0323. The van der Waals surface area contributed by atoms with E-state index in [1.807, 2.05) is 0 Å². The summed E-state index contributed by atoms with van der Waals surface area (Å²) in [5, 5.41) is 5.69. The second kappa shape index (κ2) is 21.3. The molecule has 0 unspecified atom stereocenters. The van der Waals surface area contributed by atoms with E-state index >= 15 is 0 Å². The minimum Gasteiger partial charge on any atom is -0.497 e. The minimum atomic E-state index is -0.104. The molecule has 0 saturated heterocycles. The van der Waals surface area contributed by atoms with E-state index in [4.69, 9.17) is 18.9 Å². The number of methoxy groups -OCH3 is 2. The Balaban J connectivity index is 0.000000400. The fraction of sp³-hybridized carbons (Fsp3) is 0.533. The molecule has 0 aliphatic heterocycles. The number of carbonyl (C=O) groups excluding carboxylic acids is 2. The number of nitrogens with zero attached hydrogens (tertiary/aromatic N) is 2. The summed E-state index contributed by atoms with van der Waals surface area (Å²) >= 11 is 0. The first-order valence-corrected chi connectivity index (χ1v) is 13.9. The Kier molecular flexibility index (Phi) is 18.4. The molecule has 10 nitrogen and oxygen atoms in total. The SMILES string of the molecule is CCN(CC)CCNC(=O)COc1ccc(OC)cc1.CCN(CC)CCNC(=O)COc1ccc(OC)cc1. The molecule has 0 spiro atoms. The molecule has 2 amide bonds. The zero-order valence-electron chi connectivity index (χ0n) is 25.0. The smallest absolute Gasteiger partial charge is 0.257 e. The van der Waals surface area contributed by atoms with E-state index in [1.165, 1.54) is 0 Å². The summed E-state index contributed by atoms with van der Waals surface area (Å²) in [4.78, 5) is 27.7. The number of nitrogens with one attached hydrogen (secondary N) is 2. The molecule has 2 aromatic rings. The van der Waals surface area contributed by atoms with E-state index in [9.17, 15) is 9.59 Å². The molecule has 0 radical (unpaired) electrons. The van der Waals surface area contributed by atoms with Gasteiger partial charge in [-0.25, -0.2) is 0 Å². The molecule has 0 atom stereocenters. The van der Waals surface area contributed by atoms with Crippen molar-refractivity contribution in [3.8, 4) is 23.0 Å². The van der Waals surface area contributed by atoms with E-state index < -0.39 is 0 Å². The fourth-order valence-electron chi connectivity index (χ4n) is 3.53. The summed E-state index contributed by atoms with van der Waals surface area (Å²) in [6.07, 6.45) is 0. The van der Waals surface area contributed by atoms with Crippen LogP contribution < -0.4 is 29.6 Å². The van der Waals surface area contributed by atoms with Crippen LogP contribution >= 0.6 is 0 Å². The molecule has 0 heterocycles. The van der Waals surface area contributed by atoms with E-state index in [0.717, 1.165) is 50.8 Å². The molecule has 0 aromatic heterocycles. The monoisotopic (exact) mass is 560 g/mol. The normalized spacial score (nSPS) is 10.4. The largest absolute Gasteiger partial charge is 0.497 e. The number of amides is 2. The van der Waals surface area contributed by atoms with Crippen molar-refractivity contribution in [2.24, 2.45) is 0 Å². The second-order valence-electron chi connectivity index (χ2n) is 8.68. The van der Waals surface area contributed by atoms with Crippen molar-refractivity contribution in [1.82, 2.24) is 20.4 Å². The number of carbonyl (C=O) groups is 2. The van der Waals surface area contributed by atoms with Gasteiger partial charge in [-0.3, -0.25) is 9.59 Å². The Bertz CT molecular complexity index is 855. The van der Waals surface area contributed by atoms with Gasteiger partial charge in [0.25, 0.3) is 11.8 Å². The van der Waals surface area contributed by atoms with Gasteiger partial charge in [0.1, 0.15) is 23.0 Å². The Morgan fingerprint density at radius 1 is 0.575 bits per heavy atom. The predicted octanol–water partition coefficient (Wildman–Crippen LogP) is 3.06. The van der Waals surface area contributed by atoms with E-state index in [2.05, 4.69) is 48.1 Å². The molecule has 2 aromatic carbocycles. The molecule has 2 N–H and O–H groups in total. The highest BCUT2D eigenvalue weighted by Gasteiger charge is 2.05. The van der Waals surface area contributed by atoms with Gasteiger partial charge in [0.15, 0.2) is 13.2 Å². The average molecular weight is 561 g/mol. The van der Waals surface area contributed by atoms with Crippen molar-refractivity contribution < 1.29 is 28.5 Å². The molecular formula is C30H48N4O6. The summed E-state index contributed by atoms with van der Waals surface area (Å²) < 4.78 is 20.9. The third kappa shape index (κ3) is 15.2. The molecule has 10 heteroatoms. The fourth-order valence-corrected chi connectivity index (χ4v) is 3.53. The number of likely N-dealkylation sites (N-methyl/N-ethyl adjacent to an activating group) is 2. The highest BCUT2D eigenvalue weighted by molar-refractivity contribution is 5.77. The highest BCUT2D eigenvalue weighted by Crippen LogP contribution is 2.17. The van der Waals surface area contributed by atoms with Gasteiger partial charge in [-0.05, 0) is 74.7 Å². The lowest BCUT2D eigenvalue weighted by atomic mass is 10.3. The zero-order chi connectivity index (χ0) is 29.6. The zero-order valence-corrected chi connectivity index (χ0v) is 25.0. The van der Waals surface area contributed by atoms with E-state index in [0.29, 0.717) is 24.6 Å². The topological polar surface area (TPSA) is 102 Å². The van der Waals surface area contributed by atoms with Crippen LogP contribution in [0.4, 0.5) is 0 Å². The van der Waals surface area contributed by atoms with E-state index in [1.54, 1.807) is 62.8 Å². The number of hydrogen-bond donors (Lipinski definition) is 2. The van der Waals surface area contributed by atoms with Crippen LogP contribution in [0.25, 0.3) is 0 Å². The van der Waals surface area contributed by atoms with Crippen molar-refractivity contribution >= 4 is 11.8 Å². The van der Waals surface area contributed by atoms with Crippen LogP contribution in [-0.4, -0.2) is 101 Å². The first-order chi connectivity index (χ1) is 19.4. The first-order valence-electron chi connectivity index (χ1n) is 13.9. The lowest BCUT2D eigenvalue weighted by molar-refractivity contribution is -0.123. The summed E-state index contributed by atoms with van der Waals surface area (Å²) in [6.45, 7) is 15.5. The molecule has 0 aliphatic carbocycles. The van der Waals surface area contributed by atoms with Crippen molar-refractivity contribution in [3.05, 3.63) is 48.5 Å². The third-order valence-electron chi connectivity index (χ3n) is 6.15. The lowest BCUT2D eigenvalue weighted by Gasteiger charge is -2.17. The Hall–Kier alpha value is -3.50. The lowest BCUT2D eigenvalue weighted by Crippen LogP contribution is -2.36. The number of hydrogen-bond acceptors (Lipinski definition) is 8. The number of ether oxygens (including phenoxy) is 4. The van der Waals surface area contributed by atoms with Crippen molar-refractivity contribution in [2.75, 3.05) is 79.8 Å². The second-order valence-corrected chi connectivity index (χ2v) is 8.68. The highest BCUT2D eigenvalue weighted by atomic mass is 16.5. The van der Waals surface area contributed by atoms with Crippen LogP contribution in [0.2, 0.25) is 0 Å². The van der Waals surface area contributed by atoms with Gasteiger partial charge in [-0.15, -0.1) is 0 Å². The summed E-state index contributed by atoms with van der Waals surface area (Å²) in [6, 6.07) is 14.3. The molecular weight excluding hydrogens is 512 g/mol. The van der Waals surface area contributed by atoms with Gasteiger partial charge in [0.05, 0.1) is 14.2 Å². The third-order valence-corrected chi connectivity index (χ3v) is 6.15. The van der Waals surface area contributed by atoms with Gasteiger partial charge in [-0.1, -0.05) is 27.7 Å². The Morgan fingerprint density at radius 3 is 1.15 bits per heavy atom. The van der Waals surface area contributed by atoms with Crippen LogP contribution in [0, 0.1) is 0 Å². The van der Waals surface area contributed by atoms with Gasteiger partial charge in [0, 0.05) is 26.2 Å². The van der Waals surface area contributed by atoms with Gasteiger partial charge in [-0.2, -0.15) is 0 Å². The molecule has 40 heavy (non-hydrogen) atoms. The molecule has 2 rings (SSSR count). The standard InChI is InChI=1S/2C15H24N2O3/c2*1-4-17(5-2)11-10-16-15(18)12-20-14-8-6-13(19-3)7-9-14/h2*6-9H,4-5,10-12H2,1-3H3,(H,16,18). The van der Waals surface area contributed by atoms with Gasteiger partial charge in [0.2, 0.25) is 0 Å². The first kappa shape index (κ1) is 34.5. The summed E-state index contributed by atoms with van der Waals surface area (Å²) in [7, 11) is 3.22. The van der Waals surface area contributed by atoms with Crippen LogP contribution in [0.5, 0.6) is 23.0 Å². The molecule has 0 aliphatic rings. The number of benzene rings is 2. The summed E-state index contributed by atoms with van der Waals surface area (Å²) in [5.74, 6) is 2.64. The number of rotatable bonds is 18. The van der Waals surface area contributed by atoms with E-state index in [-0.39, 0.29) is 25.0 Å². The maximum atomic E-state index is 11.6. The Morgan fingerprint density at radius 2 is 0.875 bits per heavy atom. The van der Waals surface area contributed by atoms with Crippen LogP contribution in [0.3, 0.4) is 0 Å². The molecule has 224 valence electrons. The Labute approximate surface area is 239 Å². The van der Waals surface area contributed by atoms with Crippen molar-refractivity contribution in [3.63, 3.8) is 0 Å². The van der Waals surface area contributed by atoms with Crippen LogP contribution in [-0.2, 0) is 9.59 Å². The quantitative estimate of drug-likeness (QED) is 0.287. The van der Waals surface area contributed by atoms with Gasteiger partial charge >= 0.3 is 0 Å². The van der Waals surface area contributed by atoms with Crippen LogP contribution in [0.15, 0.2) is 48.5 Å². The maximum Gasteiger partial charge on any atom is 0.257 e. The van der Waals surface area contributed by atoms with Crippen molar-refractivity contribution in [2.45, 2.75) is 27.7 Å². The van der Waals surface area contributed by atoms with Gasteiger partial charge < -0.3 is 39.4 Å². The van der Waals surface area contributed by atoms with Crippen LogP contribution in [0.1, 0.15) is 27.7 Å². The molecule has 0 fully saturated rings. The van der Waals surface area contributed by atoms with Crippen molar-refractivity contribution in [1.29, 1.82) is 0 Å².